The minimum absolute atomic E-state index is 0.213. The van der Waals surface area contributed by atoms with E-state index < -0.39 is 0 Å². The third-order valence-corrected chi connectivity index (χ3v) is 3.21. The first kappa shape index (κ1) is 8.27. The van der Waals surface area contributed by atoms with Crippen molar-refractivity contribution in [3.8, 4) is 0 Å². The molecule has 0 heterocycles. The number of aliphatic hydroxyl groups excluding tert-OH is 2. The van der Waals surface area contributed by atoms with Gasteiger partial charge in [0.2, 0.25) is 0 Å². The highest BCUT2D eigenvalue weighted by Crippen LogP contribution is 2.37. The molecule has 1 fully saturated rings. The molecule has 0 aromatic heterocycles. The van der Waals surface area contributed by atoms with Gasteiger partial charge < -0.3 is 10.2 Å². The topological polar surface area (TPSA) is 40.5 Å². The molecule has 0 aliphatic heterocycles. The lowest BCUT2D eigenvalue weighted by atomic mass is 9.71. The summed E-state index contributed by atoms with van der Waals surface area (Å²) in [4.78, 5) is 0. The molecule has 2 aliphatic rings. The molecule has 12 heavy (non-hydrogen) atoms. The van der Waals surface area contributed by atoms with Crippen LogP contribution < -0.4 is 0 Å². The summed E-state index contributed by atoms with van der Waals surface area (Å²) in [5.41, 5.74) is 0. The van der Waals surface area contributed by atoms with Crippen LogP contribution in [0.15, 0.2) is 12.2 Å². The maximum atomic E-state index is 9.66. The van der Waals surface area contributed by atoms with Gasteiger partial charge in [0, 0.05) is 5.92 Å². The van der Waals surface area contributed by atoms with Crippen molar-refractivity contribution >= 4 is 0 Å². The van der Waals surface area contributed by atoms with Gasteiger partial charge in [0.25, 0.3) is 0 Å². The molecule has 0 spiro atoms. The van der Waals surface area contributed by atoms with E-state index in [4.69, 9.17) is 0 Å². The van der Waals surface area contributed by atoms with Gasteiger partial charge in [0.05, 0.1) is 12.2 Å². The Bertz CT molecular complexity index is 188. The van der Waals surface area contributed by atoms with Gasteiger partial charge in [-0.3, -0.25) is 0 Å². The van der Waals surface area contributed by atoms with Crippen LogP contribution in [0.25, 0.3) is 0 Å². The Morgan fingerprint density at radius 2 is 1.92 bits per heavy atom. The van der Waals surface area contributed by atoms with E-state index in [1.54, 1.807) is 0 Å². The van der Waals surface area contributed by atoms with Crippen LogP contribution in [0.2, 0.25) is 0 Å². The van der Waals surface area contributed by atoms with E-state index in [0.717, 1.165) is 25.7 Å². The predicted molar refractivity (Wildman–Crippen MR) is 46.6 cm³/mol. The van der Waals surface area contributed by atoms with Gasteiger partial charge in [-0.25, -0.2) is 0 Å². The second kappa shape index (κ2) is 3.19. The number of hydrogen-bond acceptors (Lipinski definition) is 2. The molecule has 0 bridgehead atoms. The molecule has 4 atom stereocenters. The Hall–Kier alpha value is -0.340. The molecule has 0 saturated heterocycles. The molecule has 1 saturated carbocycles. The Balaban J connectivity index is 2.14. The summed E-state index contributed by atoms with van der Waals surface area (Å²) in [7, 11) is 0. The van der Waals surface area contributed by atoms with Crippen LogP contribution in [0.4, 0.5) is 0 Å². The largest absolute Gasteiger partial charge is 0.393 e. The van der Waals surface area contributed by atoms with E-state index in [2.05, 4.69) is 6.08 Å². The van der Waals surface area contributed by atoms with Gasteiger partial charge in [0.15, 0.2) is 0 Å². The maximum absolute atomic E-state index is 9.66. The van der Waals surface area contributed by atoms with E-state index in [-0.39, 0.29) is 18.1 Å². The first-order valence-corrected chi connectivity index (χ1v) is 4.82. The fourth-order valence-corrected chi connectivity index (χ4v) is 2.50. The Kier molecular flexibility index (Phi) is 2.20. The van der Waals surface area contributed by atoms with E-state index >= 15 is 0 Å². The number of rotatable bonds is 0. The third kappa shape index (κ3) is 1.29. The lowest BCUT2D eigenvalue weighted by molar-refractivity contribution is -0.0101. The molecule has 2 nitrogen and oxygen atoms in total. The average molecular weight is 168 g/mol. The van der Waals surface area contributed by atoms with Gasteiger partial charge >= 0.3 is 0 Å². The van der Waals surface area contributed by atoms with E-state index in [1.165, 1.54) is 0 Å². The lowest BCUT2D eigenvalue weighted by Gasteiger charge is -2.38. The standard InChI is InChI=1S/C10H16O2/c11-9-5-1-3-7-8(9)4-2-6-10(7)12/h1,3,7-12H,2,4-6H2. The molecule has 0 amide bonds. The molecular weight excluding hydrogens is 152 g/mol. The molecule has 2 rings (SSSR count). The average Bonchev–Trinajstić information content (AvgIpc) is 2.07. The number of fused-ring (bicyclic) bond motifs is 1. The van der Waals surface area contributed by atoms with Gasteiger partial charge in [-0.2, -0.15) is 0 Å². The quantitative estimate of drug-likeness (QED) is 0.531. The normalized spacial score (nSPS) is 47.2. The number of aliphatic hydroxyl groups is 2. The van der Waals surface area contributed by atoms with Crippen molar-refractivity contribution in [2.75, 3.05) is 0 Å². The van der Waals surface area contributed by atoms with Crippen LogP contribution in [-0.2, 0) is 0 Å². The monoisotopic (exact) mass is 168 g/mol. The molecule has 68 valence electrons. The Morgan fingerprint density at radius 1 is 1.08 bits per heavy atom. The second-order valence-corrected chi connectivity index (χ2v) is 3.97. The molecule has 2 N–H and O–H groups in total. The Morgan fingerprint density at radius 3 is 2.67 bits per heavy atom. The molecule has 0 radical (unpaired) electrons. The van der Waals surface area contributed by atoms with Crippen molar-refractivity contribution < 1.29 is 10.2 Å². The van der Waals surface area contributed by atoms with E-state index in [9.17, 15) is 10.2 Å². The summed E-state index contributed by atoms with van der Waals surface area (Å²) in [6, 6.07) is 0. The van der Waals surface area contributed by atoms with Crippen molar-refractivity contribution in [1.82, 2.24) is 0 Å². The maximum Gasteiger partial charge on any atom is 0.0609 e. The highest BCUT2D eigenvalue weighted by atomic mass is 16.3. The summed E-state index contributed by atoms with van der Waals surface area (Å²) in [5.74, 6) is 0.543. The summed E-state index contributed by atoms with van der Waals surface area (Å²) in [6.07, 6.45) is 7.47. The zero-order chi connectivity index (χ0) is 8.55. The molecule has 4 unspecified atom stereocenters. The first-order chi connectivity index (χ1) is 5.79. The fraction of sp³-hybridized carbons (Fsp3) is 0.800. The first-order valence-electron chi connectivity index (χ1n) is 4.82. The Labute approximate surface area is 72.9 Å². The highest BCUT2D eigenvalue weighted by molar-refractivity contribution is 5.04. The molecule has 2 heteroatoms. The lowest BCUT2D eigenvalue weighted by Crippen LogP contribution is -2.39. The summed E-state index contributed by atoms with van der Waals surface area (Å²) >= 11 is 0. The predicted octanol–water partition coefficient (Wildman–Crippen LogP) is 1.08. The number of hydrogen-bond donors (Lipinski definition) is 2. The van der Waals surface area contributed by atoms with Crippen molar-refractivity contribution in [2.45, 2.75) is 37.9 Å². The van der Waals surface area contributed by atoms with Crippen molar-refractivity contribution in [2.24, 2.45) is 11.8 Å². The van der Waals surface area contributed by atoms with Crippen molar-refractivity contribution in [3.63, 3.8) is 0 Å². The van der Waals surface area contributed by atoms with E-state index in [0.29, 0.717) is 5.92 Å². The minimum Gasteiger partial charge on any atom is -0.393 e. The molecule has 2 aliphatic carbocycles. The van der Waals surface area contributed by atoms with E-state index in [1.807, 2.05) is 6.08 Å². The highest BCUT2D eigenvalue weighted by Gasteiger charge is 2.36. The van der Waals surface area contributed by atoms with Crippen molar-refractivity contribution in [1.29, 1.82) is 0 Å². The zero-order valence-electron chi connectivity index (χ0n) is 7.19. The second-order valence-electron chi connectivity index (χ2n) is 3.97. The van der Waals surface area contributed by atoms with Crippen LogP contribution >= 0.6 is 0 Å². The minimum atomic E-state index is -0.213. The fourth-order valence-electron chi connectivity index (χ4n) is 2.50. The van der Waals surface area contributed by atoms with Gasteiger partial charge in [-0.05, 0) is 25.2 Å². The summed E-state index contributed by atoms with van der Waals surface area (Å²) in [6.45, 7) is 0. The third-order valence-electron chi connectivity index (χ3n) is 3.21. The van der Waals surface area contributed by atoms with Crippen LogP contribution in [0.5, 0.6) is 0 Å². The van der Waals surface area contributed by atoms with Gasteiger partial charge in [-0.15, -0.1) is 0 Å². The van der Waals surface area contributed by atoms with Crippen LogP contribution in [-0.4, -0.2) is 22.4 Å². The van der Waals surface area contributed by atoms with Crippen LogP contribution in [0.3, 0.4) is 0 Å². The summed E-state index contributed by atoms with van der Waals surface area (Å²) in [5, 5.41) is 19.3. The van der Waals surface area contributed by atoms with Crippen molar-refractivity contribution in [3.05, 3.63) is 12.2 Å². The SMILES string of the molecule is OC1CCCC2C(O)CC=CC12. The summed E-state index contributed by atoms with van der Waals surface area (Å²) < 4.78 is 0. The molecule has 0 aromatic carbocycles. The molecular formula is C10H16O2. The van der Waals surface area contributed by atoms with Crippen LogP contribution in [0.1, 0.15) is 25.7 Å². The van der Waals surface area contributed by atoms with Crippen LogP contribution in [0, 0.1) is 11.8 Å². The molecule has 0 aromatic rings. The van der Waals surface area contributed by atoms with Gasteiger partial charge in [-0.1, -0.05) is 18.6 Å². The zero-order valence-corrected chi connectivity index (χ0v) is 7.19. The smallest absolute Gasteiger partial charge is 0.0609 e. The van der Waals surface area contributed by atoms with Gasteiger partial charge in [0.1, 0.15) is 0 Å².